The van der Waals surface area contributed by atoms with Gasteiger partial charge in [0.25, 0.3) is 0 Å². The molecule has 1 heterocycles. The van der Waals surface area contributed by atoms with Gasteiger partial charge in [-0.3, -0.25) is 4.68 Å². The monoisotopic (exact) mass is 196 g/mol. The van der Waals surface area contributed by atoms with Gasteiger partial charge < -0.3 is 10.2 Å². The lowest BCUT2D eigenvalue weighted by atomic mass is 10.2. The Hall–Kier alpha value is -0.870. The molecule has 0 aromatic carbocycles. The van der Waals surface area contributed by atoms with Gasteiger partial charge in [0.1, 0.15) is 0 Å². The Balaban J connectivity index is 2.08. The van der Waals surface area contributed by atoms with E-state index in [-0.39, 0.29) is 18.8 Å². The molecule has 2 atom stereocenters. The lowest BCUT2D eigenvalue weighted by molar-refractivity contribution is 0.130. The van der Waals surface area contributed by atoms with Crippen LogP contribution in [-0.4, -0.2) is 32.7 Å². The Kier molecular flexibility index (Phi) is 2.84. The van der Waals surface area contributed by atoms with Gasteiger partial charge in [-0.1, -0.05) is 0 Å². The lowest BCUT2D eigenvalue weighted by Gasteiger charge is -2.14. The number of rotatable bonds is 3. The molecule has 4 nitrogen and oxygen atoms in total. The summed E-state index contributed by atoms with van der Waals surface area (Å²) < 4.78 is 1.84. The van der Waals surface area contributed by atoms with Crippen molar-refractivity contribution in [3.05, 3.63) is 18.0 Å². The van der Waals surface area contributed by atoms with E-state index in [1.54, 1.807) is 6.20 Å². The molecule has 2 N–H and O–H groups in total. The molecule has 1 aromatic heterocycles. The molecule has 1 aliphatic rings. The summed E-state index contributed by atoms with van der Waals surface area (Å²) in [5, 5.41) is 22.6. The van der Waals surface area contributed by atoms with Crippen molar-refractivity contribution in [1.82, 2.24) is 9.78 Å². The van der Waals surface area contributed by atoms with Crippen LogP contribution >= 0.6 is 0 Å². The minimum Gasteiger partial charge on any atom is -0.396 e. The summed E-state index contributed by atoms with van der Waals surface area (Å²) in [4.78, 5) is 0. The molecule has 14 heavy (non-hydrogen) atoms. The van der Waals surface area contributed by atoms with Crippen LogP contribution in [-0.2, 0) is 6.42 Å². The predicted molar refractivity (Wildman–Crippen MR) is 51.9 cm³/mol. The average Bonchev–Trinajstić information content (AvgIpc) is 2.74. The molecule has 2 rings (SSSR count). The average molecular weight is 196 g/mol. The minimum atomic E-state index is -0.253. The molecule has 1 aliphatic carbocycles. The summed E-state index contributed by atoms with van der Waals surface area (Å²) >= 11 is 0. The molecule has 4 heteroatoms. The summed E-state index contributed by atoms with van der Waals surface area (Å²) in [7, 11) is 0. The molecule has 1 aromatic rings. The lowest BCUT2D eigenvalue weighted by Crippen LogP contribution is -2.18. The first kappa shape index (κ1) is 9.68. The van der Waals surface area contributed by atoms with E-state index in [0.717, 1.165) is 24.8 Å². The van der Waals surface area contributed by atoms with Crippen molar-refractivity contribution in [2.24, 2.45) is 0 Å². The van der Waals surface area contributed by atoms with Crippen LogP contribution in [0.3, 0.4) is 0 Å². The molecule has 1 saturated carbocycles. The third-order valence-corrected chi connectivity index (χ3v) is 2.84. The number of aromatic nitrogens is 2. The van der Waals surface area contributed by atoms with E-state index in [2.05, 4.69) is 5.10 Å². The zero-order valence-corrected chi connectivity index (χ0v) is 8.13. The number of hydrogen-bond donors (Lipinski definition) is 2. The normalized spacial score (nSPS) is 27.0. The van der Waals surface area contributed by atoms with Crippen molar-refractivity contribution in [2.75, 3.05) is 6.61 Å². The van der Waals surface area contributed by atoms with E-state index in [1.807, 2.05) is 10.9 Å². The summed E-state index contributed by atoms with van der Waals surface area (Å²) in [5.74, 6) is 0. The Morgan fingerprint density at radius 1 is 1.50 bits per heavy atom. The van der Waals surface area contributed by atoms with E-state index >= 15 is 0 Å². The van der Waals surface area contributed by atoms with Crippen molar-refractivity contribution in [3.63, 3.8) is 0 Å². The van der Waals surface area contributed by atoms with Gasteiger partial charge in [-0.05, 0) is 31.2 Å². The quantitative estimate of drug-likeness (QED) is 0.740. The summed E-state index contributed by atoms with van der Waals surface area (Å²) in [6.07, 6.45) is 7.03. The number of aliphatic hydroxyl groups is 2. The van der Waals surface area contributed by atoms with Crippen LogP contribution < -0.4 is 0 Å². The molecule has 0 radical (unpaired) electrons. The molecule has 0 spiro atoms. The second-order valence-corrected chi connectivity index (χ2v) is 3.87. The highest BCUT2D eigenvalue weighted by Crippen LogP contribution is 2.29. The van der Waals surface area contributed by atoms with E-state index in [9.17, 15) is 5.11 Å². The summed E-state index contributed by atoms with van der Waals surface area (Å²) in [6.45, 7) is 0.152. The van der Waals surface area contributed by atoms with Gasteiger partial charge >= 0.3 is 0 Å². The first-order chi connectivity index (χ1) is 6.81. The fourth-order valence-electron chi connectivity index (χ4n) is 2.05. The third kappa shape index (κ3) is 1.81. The van der Waals surface area contributed by atoms with Crippen LogP contribution in [0, 0.1) is 0 Å². The van der Waals surface area contributed by atoms with Crippen LogP contribution in [0.5, 0.6) is 0 Å². The van der Waals surface area contributed by atoms with Crippen LogP contribution in [0.1, 0.15) is 30.9 Å². The number of hydrogen-bond acceptors (Lipinski definition) is 3. The fourth-order valence-corrected chi connectivity index (χ4v) is 2.05. The molecule has 1 fully saturated rings. The van der Waals surface area contributed by atoms with Gasteiger partial charge in [0.15, 0.2) is 0 Å². The highest BCUT2D eigenvalue weighted by atomic mass is 16.3. The zero-order valence-electron chi connectivity index (χ0n) is 8.13. The topological polar surface area (TPSA) is 58.3 Å². The van der Waals surface area contributed by atoms with Crippen molar-refractivity contribution in [2.45, 2.75) is 37.8 Å². The first-order valence-corrected chi connectivity index (χ1v) is 5.13. The van der Waals surface area contributed by atoms with Crippen molar-refractivity contribution < 1.29 is 10.2 Å². The Bertz CT molecular complexity index is 298. The van der Waals surface area contributed by atoms with Crippen LogP contribution in [0.25, 0.3) is 0 Å². The van der Waals surface area contributed by atoms with Crippen LogP contribution in [0.4, 0.5) is 0 Å². The maximum Gasteiger partial charge on any atom is 0.0778 e. The van der Waals surface area contributed by atoms with Crippen molar-refractivity contribution >= 4 is 0 Å². The third-order valence-electron chi connectivity index (χ3n) is 2.84. The molecule has 78 valence electrons. The molecule has 0 saturated heterocycles. The Morgan fingerprint density at radius 2 is 2.36 bits per heavy atom. The SMILES string of the molecule is OCCc1cnn(C2CCCC2O)c1. The van der Waals surface area contributed by atoms with Gasteiger partial charge in [0.2, 0.25) is 0 Å². The standard InChI is InChI=1S/C10H16N2O2/c13-5-4-8-6-11-12(7-8)9-2-1-3-10(9)14/h6-7,9-10,13-14H,1-5H2. The minimum absolute atomic E-state index is 0.141. The number of nitrogens with zero attached hydrogens (tertiary/aromatic N) is 2. The first-order valence-electron chi connectivity index (χ1n) is 5.13. The van der Waals surface area contributed by atoms with Crippen LogP contribution in [0.2, 0.25) is 0 Å². The van der Waals surface area contributed by atoms with E-state index in [0.29, 0.717) is 6.42 Å². The fraction of sp³-hybridized carbons (Fsp3) is 0.700. The van der Waals surface area contributed by atoms with Gasteiger partial charge in [-0.25, -0.2) is 0 Å². The Morgan fingerprint density at radius 3 is 3.00 bits per heavy atom. The molecule has 2 unspecified atom stereocenters. The summed E-state index contributed by atoms with van der Waals surface area (Å²) in [6, 6.07) is 0.141. The van der Waals surface area contributed by atoms with Gasteiger partial charge in [0, 0.05) is 12.8 Å². The highest BCUT2D eigenvalue weighted by molar-refractivity contribution is 5.05. The van der Waals surface area contributed by atoms with Gasteiger partial charge in [0.05, 0.1) is 18.3 Å². The van der Waals surface area contributed by atoms with Crippen LogP contribution in [0.15, 0.2) is 12.4 Å². The highest BCUT2D eigenvalue weighted by Gasteiger charge is 2.27. The van der Waals surface area contributed by atoms with Crippen molar-refractivity contribution in [3.8, 4) is 0 Å². The maximum atomic E-state index is 9.67. The maximum absolute atomic E-state index is 9.67. The smallest absolute Gasteiger partial charge is 0.0778 e. The molecular formula is C10H16N2O2. The van der Waals surface area contributed by atoms with E-state index in [1.165, 1.54) is 0 Å². The predicted octanol–water partition coefficient (Wildman–Crippen LogP) is 0.504. The van der Waals surface area contributed by atoms with Crippen molar-refractivity contribution in [1.29, 1.82) is 0 Å². The molecule has 0 amide bonds. The summed E-state index contributed by atoms with van der Waals surface area (Å²) in [5.41, 5.74) is 1.03. The van der Waals surface area contributed by atoms with Gasteiger partial charge in [-0.15, -0.1) is 0 Å². The molecule has 0 bridgehead atoms. The second kappa shape index (κ2) is 4.11. The zero-order chi connectivity index (χ0) is 9.97. The van der Waals surface area contributed by atoms with E-state index < -0.39 is 0 Å². The Labute approximate surface area is 83.2 Å². The largest absolute Gasteiger partial charge is 0.396 e. The number of aliphatic hydroxyl groups excluding tert-OH is 2. The second-order valence-electron chi connectivity index (χ2n) is 3.87. The van der Waals surface area contributed by atoms with Gasteiger partial charge in [-0.2, -0.15) is 5.10 Å². The van der Waals surface area contributed by atoms with E-state index in [4.69, 9.17) is 5.11 Å². The molecular weight excluding hydrogens is 180 g/mol. The molecule has 0 aliphatic heterocycles.